The minimum absolute atomic E-state index is 0.251. The van der Waals surface area contributed by atoms with Gasteiger partial charge in [0.1, 0.15) is 12.3 Å². The maximum absolute atomic E-state index is 12.6. The van der Waals surface area contributed by atoms with Gasteiger partial charge in [-0.25, -0.2) is 8.78 Å². The summed E-state index contributed by atoms with van der Waals surface area (Å²) >= 11 is 0. The minimum atomic E-state index is -1.10. The van der Waals surface area contributed by atoms with Gasteiger partial charge in [0.25, 0.3) is 0 Å². The van der Waals surface area contributed by atoms with Gasteiger partial charge in [0.05, 0.1) is 0 Å². The fraction of sp³-hybridized carbons (Fsp3) is 0.875. The fourth-order valence-corrected chi connectivity index (χ4v) is 0.819. The lowest BCUT2D eigenvalue weighted by atomic mass is 10.1. The Morgan fingerprint density at radius 1 is 1.20 bits per heavy atom. The molecule has 0 saturated carbocycles. The van der Waals surface area contributed by atoms with Crippen LogP contribution in [0.15, 0.2) is 0 Å². The molecule has 2 heteroatoms. The van der Waals surface area contributed by atoms with Crippen LogP contribution in [0.2, 0.25) is 0 Å². The minimum Gasteiger partial charge on any atom is -0.247 e. The molecule has 0 N–H and O–H groups in total. The second-order valence-corrected chi connectivity index (χ2v) is 2.56. The van der Waals surface area contributed by atoms with E-state index in [9.17, 15) is 8.78 Å². The van der Waals surface area contributed by atoms with Crippen LogP contribution < -0.4 is 0 Å². The fourth-order valence-electron chi connectivity index (χ4n) is 0.819. The van der Waals surface area contributed by atoms with Crippen LogP contribution in [0.5, 0.6) is 0 Å². The van der Waals surface area contributed by atoms with E-state index < -0.39 is 12.3 Å². The zero-order chi connectivity index (χ0) is 7.98. The Morgan fingerprint density at radius 3 is 2.20 bits per heavy atom. The number of halogens is 2. The molecule has 0 spiro atoms. The van der Waals surface area contributed by atoms with Crippen LogP contribution in [0, 0.1) is 6.92 Å². The van der Waals surface area contributed by atoms with Gasteiger partial charge in [-0.15, -0.1) is 0 Å². The second-order valence-electron chi connectivity index (χ2n) is 2.56. The molecule has 0 heterocycles. The predicted octanol–water partition coefficient (Wildman–Crippen LogP) is 3.08. The summed E-state index contributed by atoms with van der Waals surface area (Å²) in [5.74, 6) is 0. The van der Waals surface area contributed by atoms with E-state index in [2.05, 4.69) is 6.92 Å². The lowest BCUT2D eigenvalue weighted by molar-refractivity contribution is 0.258. The van der Waals surface area contributed by atoms with Gasteiger partial charge in [-0.1, -0.05) is 13.3 Å². The van der Waals surface area contributed by atoms with Crippen LogP contribution in [0.25, 0.3) is 0 Å². The number of hydrogen-bond acceptors (Lipinski definition) is 0. The van der Waals surface area contributed by atoms with Crippen LogP contribution in [-0.4, -0.2) is 12.3 Å². The Morgan fingerprint density at radius 2 is 1.80 bits per heavy atom. The molecule has 61 valence electrons. The lowest BCUT2D eigenvalue weighted by Gasteiger charge is -2.05. The van der Waals surface area contributed by atoms with E-state index in [0.29, 0.717) is 12.8 Å². The summed E-state index contributed by atoms with van der Waals surface area (Å²) < 4.78 is 24.6. The predicted molar refractivity (Wildman–Crippen MR) is 39.3 cm³/mol. The first kappa shape index (κ1) is 9.86. The highest BCUT2D eigenvalue weighted by molar-refractivity contribution is 4.62. The second kappa shape index (κ2) is 5.63. The quantitative estimate of drug-likeness (QED) is 0.563. The normalized spacial score (nSPS) is 16.8. The van der Waals surface area contributed by atoms with Crippen molar-refractivity contribution in [2.24, 2.45) is 0 Å². The highest BCUT2D eigenvalue weighted by Crippen LogP contribution is 2.11. The number of rotatable bonds is 5. The Balaban J connectivity index is 3.12. The third-order valence-corrected chi connectivity index (χ3v) is 1.40. The van der Waals surface area contributed by atoms with Gasteiger partial charge >= 0.3 is 0 Å². The van der Waals surface area contributed by atoms with E-state index in [1.165, 1.54) is 0 Å². The van der Waals surface area contributed by atoms with Crippen molar-refractivity contribution >= 4 is 0 Å². The summed E-state index contributed by atoms with van der Waals surface area (Å²) in [6, 6.07) is 0. The van der Waals surface area contributed by atoms with E-state index in [-0.39, 0.29) is 6.42 Å². The Bertz CT molecular complexity index is 71.7. The molecular formula is C8H15F2. The molecule has 0 saturated heterocycles. The van der Waals surface area contributed by atoms with Crippen LogP contribution in [0.4, 0.5) is 8.78 Å². The molecule has 1 radical (unpaired) electrons. The Kier molecular flexibility index (Phi) is 5.55. The molecule has 0 amide bonds. The van der Waals surface area contributed by atoms with E-state index in [1.807, 2.05) is 6.92 Å². The standard InChI is InChI=1S/C8H15F2/c1-3-4-8(10)6-5-7(2)9/h7-8H,2-6H2,1H3. The van der Waals surface area contributed by atoms with Gasteiger partial charge < -0.3 is 0 Å². The van der Waals surface area contributed by atoms with Crippen molar-refractivity contribution in [3.05, 3.63) is 6.92 Å². The van der Waals surface area contributed by atoms with Crippen molar-refractivity contribution in [1.29, 1.82) is 0 Å². The van der Waals surface area contributed by atoms with Gasteiger partial charge in [-0.3, -0.25) is 0 Å². The molecule has 0 aliphatic heterocycles. The molecule has 0 aliphatic carbocycles. The highest BCUT2D eigenvalue weighted by Gasteiger charge is 2.06. The monoisotopic (exact) mass is 149 g/mol. The molecule has 0 fully saturated rings. The number of alkyl halides is 2. The SMILES string of the molecule is [CH2]C(F)CCC(F)CCC. The van der Waals surface area contributed by atoms with Crippen LogP contribution >= 0.6 is 0 Å². The van der Waals surface area contributed by atoms with Crippen molar-refractivity contribution in [3.8, 4) is 0 Å². The summed E-state index contributed by atoms with van der Waals surface area (Å²) in [5, 5.41) is 0. The molecule has 0 rings (SSSR count). The van der Waals surface area contributed by atoms with Crippen LogP contribution in [0.3, 0.4) is 0 Å². The maximum atomic E-state index is 12.6. The first-order chi connectivity index (χ1) is 4.66. The topological polar surface area (TPSA) is 0 Å². The van der Waals surface area contributed by atoms with Gasteiger partial charge in [-0.2, -0.15) is 0 Å². The smallest absolute Gasteiger partial charge is 0.100 e. The van der Waals surface area contributed by atoms with E-state index in [4.69, 9.17) is 0 Å². The molecule has 10 heavy (non-hydrogen) atoms. The molecule has 0 aliphatic rings. The van der Waals surface area contributed by atoms with Crippen molar-refractivity contribution in [3.63, 3.8) is 0 Å². The summed E-state index contributed by atoms with van der Waals surface area (Å²) in [7, 11) is 0. The average molecular weight is 149 g/mol. The van der Waals surface area contributed by atoms with Gasteiger partial charge in [0.2, 0.25) is 0 Å². The summed E-state index contributed by atoms with van der Waals surface area (Å²) in [6.45, 7) is 5.06. The lowest BCUT2D eigenvalue weighted by Crippen LogP contribution is -2.03. The van der Waals surface area contributed by atoms with Crippen molar-refractivity contribution in [1.82, 2.24) is 0 Å². The molecule has 2 atom stereocenters. The summed E-state index contributed by atoms with van der Waals surface area (Å²) in [4.78, 5) is 0. The molecule has 0 aromatic heterocycles. The first-order valence-corrected chi connectivity index (χ1v) is 3.78. The zero-order valence-corrected chi connectivity index (χ0v) is 6.45. The van der Waals surface area contributed by atoms with E-state index in [1.54, 1.807) is 0 Å². The summed E-state index contributed by atoms with van der Waals surface area (Å²) in [6.07, 6.45) is 0.0156. The first-order valence-electron chi connectivity index (χ1n) is 3.78. The van der Waals surface area contributed by atoms with Gasteiger partial charge in [0.15, 0.2) is 0 Å². The molecule has 0 nitrogen and oxygen atoms in total. The Labute approximate surface area is 61.6 Å². The summed E-state index contributed by atoms with van der Waals surface area (Å²) in [5.41, 5.74) is 0. The molecular weight excluding hydrogens is 134 g/mol. The zero-order valence-electron chi connectivity index (χ0n) is 6.45. The molecule has 0 aromatic carbocycles. The highest BCUT2D eigenvalue weighted by atomic mass is 19.1. The van der Waals surface area contributed by atoms with Crippen molar-refractivity contribution in [2.45, 2.75) is 45.0 Å². The molecule has 0 bridgehead atoms. The van der Waals surface area contributed by atoms with Crippen molar-refractivity contribution < 1.29 is 8.78 Å². The largest absolute Gasteiger partial charge is 0.247 e. The molecule has 2 unspecified atom stereocenters. The number of hydrogen-bond donors (Lipinski definition) is 0. The average Bonchev–Trinajstić information content (AvgIpc) is 1.85. The van der Waals surface area contributed by atoms with E-state index >= 15 is 0 Å². The maximum Gasteiger partial charge on any atom is 0.100 e. The van der Waals surface area contributed by atoms with Gasteiger partial charge in [0, 0.05) is 0 Å². The van der Waals surface area contributed by atoms with Gasteiger partial charge in [-0.05, 0) is 26.2 Å². The van der Waals surface area contributed by atoms with E-state index in [0.717, 1.165) is 6.42 Å². The van der Waals surface area contributed by atoms with Crippen LogP contribution in [-0.2, 0) is 0 Å². The third kappa shape index (κ3) is 5.99. The van der Waals surface area contributed by atoms with Crippen LogP contribution in [0.1, 0.15) is 32.6 Å². The van der Waals surface area contributed by atoms with Crippen molar-refractivity contribution in [2.75, 3.05) is 0 Å². The Hall–Kier alpha value is -0.140. The molecule has 0 aromatic rings. The third-order valence-electron chi connectivity index (χ3n) is 1.40.